The molecule has 3 fully saturated rings. The maximum atomic E-state index is 13.9. The molecule has 2 aromatic carbocycles. The van der Waals surface area contributed by atoms with E-state index < -0.39 is 53.3 Å². The van der Waals surface area contributed by atoms with E-state index in [-0.39, 0.29) is 41.2 Å². The molecule has 3 amide bonds. The van der Waals surface area contributed by atoms with Crippen LogP contribution in [0.3, 0.4) is 0 Å². The number of pyridine rings is 1. The van der Waals surface area contributed by atoms with Crippen LogP contribution in [0.5, 0.6) is 11.5 Å². The summed E-state index contributed by atoms with van der Waals surface area (Å²) in [5.41, 5.74) is -1.07. The zero-order valence-electron chi connectivity index (χ0n) is 25.6. The number of carbonyl (C=O) groups is 3. The van der Waals surface area contributed by atoms with Gasteiger partial charge < -0.3 is 9.47 Å². The Labute approximate surface area is 301 Å². The zero-order valence-corrected chi connectivity index (χ0v) is 30.3. The van der Waals surface area contributed by atoms with Crippen LogP contribution >= 0.6 is 23.2 Å². The number of fused-ring (bicyclic) bond motifs is 3. The number of nitrogens with one attached hydrogen (secondary N) is 2. The molecule has 1 aromatic heterocycles. The Morgan fingerprint density at radius 3 is 2.08 bits per heavy atom. The van der Waals surface area contributed by atoms with Gasteiger partial charge in [-0.2, -0.15) is 0 Å². The van der Waals surface area contributed by atoms with Crippen molar-refractivity contribution in [2.75, 3.05) is 25.2 Å². The molecule has 1 radical (unpaired) electrons. The molecule has 2 bridgehead atoms. The van der Waals surface area contributed by atoms with Crippen LogP contribution in [-0.2, 0) is 23.7 Å². The quantitative estimate of drug-likeness (QED) is 0.259. The van der Waals surface area contributed by atoms with Crippen molar-refractivity contribution in [3.8, 4) is 11.5 Å². The van der Waals surface area contributed by atoms with E-state index >= 15 is 0 Å². The van der Waals surface area contributed by atoms with Gasteiger partial charge in [0.15, 0.2) is 6.61 Å². The number of ether oxygens (including phenoxy) is 3. The van der Waals surface area contributed by atoms with Crippen LogP contribution < -0.4 is 25.0 Å². The van der Waals surface area contributed by atoms with Crippen molar-refractivity contribution in [3.63, 3.8) is 0 Å². The second kappa shape index (κ2) is 15.5. The Balaban J connectivity index is 1.30. The Morgan fingerprint density at radius 2 is 1.52 bits per heavy atom. The van der Waals surface area contributed by atoms with Gasteiger partial charge in [0.1, 0.15) is 23.1 Å². The monoisotopic (exact) mass is 900 g/mol. The average molecular weight is 902 g/mol. The summed E-state index contributed by atoms with van der Waals surface area (Å²) < 4.78 is 50.1. The van der Waals surface area contributed by atoms with Gasteiger partial charge in [0.2, 0.25) is 0 Å². The number of amides is 3. The van der Waals surface area contributed by atoms with Gasteiger partial charge in [0.25, 0.3) is 0 Å². The van der Waals surface area contributed by atoms with Crippen molar-refractivity contribution >= 4 is 72.4 Å². The molecule has 0 saturated heterocycles. The first kappa shape index (κ1) is 36.0. The maximum absolute atomic E-state index is 13.9. The summed E-state index contributed by atoms with van der Waals surface area (Å²) in [4.78, 5) is 45.4. The van der Waals surface area contributed by atoms with Gasteiger partial charge >= 0.3 is 180 Å². The molecule has 6 rings (SSSR count). The van der Waals surface area contributed by atoms with Crippen molar-refractivity contribution in [1.29, 1.82) is 0 Å². The van der Waals surface area contributed by atoms with Crippen LogP contribution in [0.4, 0.5) is 19.4 Å². The van der Waals surface area contributed by atoms with Gasteiger partial charge in [-0.05, 0) is 24.3 Å². The number of halogens is 4. The first-order valence-electron chi connectivity index (χ1n) is 14.8. The van der Waals surface area contributed by atoms with Crippen LogP contribution in [0.15, 0.2) is 54.7 Å². The molecular formula is C32H31Cl2F2N4O7Po. The molecular weight excluding hydrogens is 870 g/mol. The second-order valence-corrected chi connectivity index (χ2v) is 13.4. The van der Waals surface area contributed by atoms with Gasteiger partial charge in [-0.25, -0.2) is 8.78 Å². The molecule has 0 spiro atoms. The summed E-state index contributed by atoms with van der Waals surface area (Å²) in [6, 6.07) is 11.2. The van der Waals surface area contributed by atoms with E-state index in [9.17, 15) is 23.2 Å². The third kappa shape index (κ3) is 8.46. The minimum absolute atomic E-state index is 0.0682. The number of nitrogens with zero attached hydrogens (tertiary/aromatic N) is 2. The first-order chi connectivity index (χ1) is 22.9. The molecule has 255 valence electrons. The van der Waals surface area contributed by atoms with Gasteiger partial charge in [-0.3, -0.25) is 4.79 Å². The van der Waals surface area contributed by atoms with Crippen LogP contribution in [-0.4, -0.2) is 85.8 Å². The molecule has 0 aliphatic heterocycles. The van der Waals surface area contributed by atoms with Crippen LogP contribution in [0.25, 0.3) is 0 Å². The fourth-order valence-corrected chi connectivity index (χ4v) is 6.79. The molecule has 48 heavy (non-hydrogen) atoms. The van der Waals surface area contributed by atoms with E-state index in [1.54, 1.807) is 18.3 Å². The minimum atomic E-state index is -0.977. The predicted octanol–water partition coefficient (Wildman–Crippen LogP) is 5.05. The van der Waals surface area contributed by atoms with Gasteiger partial charge in [-0.15, -0.1) is 0 Å². The van der Waals surface area contributed by atoms with E-state index in [0.29, 0.717) is 37.1 Å². The van der Waals surface area contributed by atoms with E-state index in [1.807, 2.05) is 0 Å². The summed E-state index contributed by atoms with van der Waals surface area (Å²) in [6.07, 6.45) is 1.80. The van der Waals surface area contributed by atoms with Gasteiger partial charge in [0.05, 0.1) is 10.0 Å². The number of benzene rings is 2. The predicted molar refractivity (Wildman–Crippen MR) is 172 cm³/mol. The third-order valence-electron chi connectivity index (χ3n) is 8.52. The number of carbonyl (C=O) groups excluding carboxylic acids is 3. The molecule has 16 heteroatoms. The fourth-order valence-electron chi connectivity index (χ4n) is 6.06. The molecule has 1 atom stereocenters. The molecule has 3 saturated carbocycles. The number of anilines is 1. The molecule has 0 unspecified atom stereocenters. The normalized spacial score (nSPS) is 21.2. The molecule has 3 aliphatic carbocycles. The Bertz CT molecular complexity index is 1680. The Morgan fingerprint density at radius 1 is 0.938 bits per heavy atom. The van der Waals surface area contributed by atoms with Crippen molar-refractivity contribution in [2.45, 2.75) is 55.9 Å². The summed E-state index contributed by atoms with van der Waals surface area (Å²) in [5.74, 6) is -1.70. The molecule has 11 nitrogen and oxygen atoms in total. The first-order valence-corrected chi connectivity index (χ1v) is 16.9. The molecule has 2 N–H and O–H groups in total. The number of hydrogen-bond donors (Lipinski definition) is 2. The van der Waals surface area contributed by atoms with E-state index in [0.717, 1.165) is 37.6 Å². The standard InChI is InChI=1S/C32H31Cl2F2N4O7.Po/c1-40(29-19(16-41)3-2-12-37-29)30(44)47-26-15-31(38-27(42)17-45-20-4-6-22(33)24(35)13-20)8-10-32(26,11-9-31)39-28(43)18-46-21-5-7-23(34)25(36)14-21;/h2-7,12-14,26H,8-11,15-18H2,1H3,(H,38,42)(H,39,43);/q-1;+1/t26-,31?,32?;/m0./s1. The van der Waals surface area contributed by atoms with Crippen molar-refractivity contribution in [2.24, 2.45) is 0 Å². The van der Waals surface area contributed by atoms with Crippen LogP contribution in [0.2, 0.25) is 10.0 Å². The third-order valence-corrected chi connectivity index (χ3v) is 9.59. The average Bonchev–Trinajstić information content (AvgIpc) is 3.06. The molecule has 3 aliphatic rings. The Kier molecular flexibility index (Phi) is 11.6. The van der Waals surface area contributed by atoms with Crippen LogP contribution in [0.1, 0.15) is 37.7 Å². The summed E-state index contributed by atoms with van der Waals surface area (Å²) in [6.45, 7) is -0.564. The molecule has 3 aromatic rings. The van der Waals surface area contributed by atoms with Crippen molar-refractivity contribution in [1.82, 2.24) is 15.6 Å². The van der Waals surface area contributed by atoms with Crippen LogP contribution in [0, 0.1) is 11.6 Å². The topological polar surface area (TPSA) is 128 Å². The number of hydrogen-bond acceptors (Lipinski definition) is 8. The Hall–Kier alpha value is -3.30. The second-order valence-electron chi connectivity index (χ2n) is 11.6. The SMILES string of the molecule is CN(C(=O)O[C@H]1CC2(NC(=O)COc3ccc(Cl)c(F)c3)CCC1(NC(=O)COc1ccc(Cl)c(F)c1)CC2)c1ncccc1C[O][Po]. The molecule has 1 heterocycles. The number of rotatable bonds is 12. The van der Waals surface area contributed by atoms with Crippen molar-refractivity contribution < 1.29 is 40.1 Å². The van der Waals surface area contributed by atoms with Gasteiger partial charge in [0, 0.05) is 12.1 Å². The summed E-state index contributed by atoms with van der Waals surface area (Å²) in [7, 11) is 1.52. The van der Waals surface area contributed by atoms with E-state index in [1.165, 1.54) is 36.2 Å². The van der Waals surface area contributed by atoms with E-state index in [2.05, 4.69) is 15.6 Å². The number of aromatic nitrogens is 1. The summed E-state index contributed by atoms with van der Waals surface area (Å²) in [5, 5.41) is 5.90. The van der Waals surface area contributed by atoms with Crippen molar-refractivity contribution in [3.05, 3.63) is 82.0 Å². The van der Waals surface area contributed by atoms with Gasteiger partial charge in [-0.1, -0.05) is 23.2 Å². The zero-order chi connectivity index (χ0) is 34.5. The fraction of sp³-hybridized carbons (Fsp3) is 0.375. The van der Waals surface area contributed by atoms with E-state index in [4.69, 9.17) is 40.2 Å². The summed E-state index contributed by atoms with van der Waals surface area (Å²) >= 11 is 12.4.